The number of nitrogens with zero attached hydrogens (tertiary/aromatic N) is 1. The molecule has 0 saturated carbocycles. The van der Waals surface area contributed by atoms with Crippen molar-refractivity contribution in [3.05, 3.63) is 52.9 Å². The summed E-state index contributed by atoms with van der Waals surface area (Å²) in [6.07, 6.45) is 1.81. The molecule has 3 rings (SSSR count). The molecule has 3 N–H and O–H groups in total. The van der Waals surface area contributed by atoms with E-state index in [0.29, 0.717) is 0 Å². The molecule has 0 aliphatic carbocycles. The number of anilines is 2. The normalized spacial score (nSPS) is 12.5. The van der Waals surface area contributed by atoms with Gasteiger partial charge in [-0.1, -0.05) is 0 Å². The maximum absolute atomic E-state index is 5.79. The van der Waals surface area contributed by atoms with E-state index in [1.165, 1.54) is 5.56 Å². The van der Waals surface area contributed by atoms with Gasteiger partial charge in [-0.15, -0.1) is 0 Å². The van der Waals surface area contributed by atoms with Crippen LogP contribution in [0.5, 0.6) is 0 Å². The summed E-state index contributed by atoms with van der Waals surface area (Å²) in [5.74, 6) is 0. The molecule has 19 heavy (non-hydrogen) atoms. The average Bonchev–Trinajstić information content (AvgIpc) is 2.92. The van der Waals surface area contributed by atoms with Gasteiger partial charge in [0.15, 0.2) is 0 Å². The van der Waals surface area contributed by atoms with Crippen molar-refractivity contribution in [1.29, 1.82) is 0 Å². The Morgan fingerprint density at radius 1 is 1.26 bits per heavy atom. The molecule has 3 nitrogen and oxygen atoms in total. The molecule has 0 aliphatic heterocycles. The van der Waals surface area contributed by atoms with E-state index in [1.54, 1.807) is 11.3 Å². The van der Waals surface area contributed by atoms with Gasteiger partial charge in [-0.25, -0.2) is 0 Å². The summed E-state index contributed by atoms with van der Waals surface area (Å²) >= 11 is 1.72. The second kappa shape index (κ2) is 4.90. The van der Waals surface area contributed by atoms with Crippen molar-refractivity contribution in [2.24, 2.45) is 0 Å². The predicted molar refractivity (Wildman–Crippen MR) is 82.5 cm³/mol. The van der Waals surface area contributed by atoms with Crippen LogP contribution in [0.2, 0.25) is 0 Å². The van der Waals surface area contributed by atoms with E-state index in [-0.39, 0.29) is 6.04 Å². The Bertz CT molecular complexity index is 692. The van der Waals surface area contributed by atoms with Gasteiger partial charge >= 0.3 is 0 Å². The Labute approximate surface area is 116 Å². The van der Waals surface area contributed by atoms with E-state index < -0.39 is 0 Å². The predicted octanol–water partition coefficient (Wildman–Crippen LogP) is 4.05. The lowest BCUT2D eigenvalue weighted by Crippen LogP contribution is -2.06. The first-order valence-electron chi connectivity index (χ1n) is 6.17. The molecule has 0 aliphatic rings. The summed E-state index contributed by atoms with van der Waals surface area (Å²) < 4.78 is 0. The molecule has 1 unspecified atom stereocenters. The Kier molecular flexibility index (Phi) is 3.09. The summed E-state index contributed by atoms with van der Waals surface area (Å²) in [7, 11) is 0. The fourth-order valence-corrected chi connectivity index (χ4v) is 2.88. The lowest BCUT2D eigenvalue weighted by Gasteiger charge is -2.15. The molecule has 0 bridgehead atoms. The van der Waals surface area contributed by atoms with Crippen LogP contribution >= 0.6 is 11.3 Å². The monoisotopic (exact) mass is 269 g/mol. The third-order valence-electron chi connectivity index (χ3n) is 3.18. The number of nitrogens with one attached hydrogen (secondary N) is 1. The number of benzene rings is 1. The third kappa shape index (κ3) is 2.39. The molecule has 4 heteroatoms. The second-order valence-corrected chi connectivity index (χ2v) is 5.34. The molecular weight excluding hydrogens is 254 g/mol. The first kappa shape index (κ1) is 12.0. The standard InChI is InChI=1S/C15H15N3S/c1-10(11-5-7-19-9-11)18-14-4-6-17-15-8-12(16)2-3-13(14)15/h2-10H,16H2,1H3,(H,17,18). The van der Waals surface area contributed by atoms with Crippen LogP contribution < -0.4 is 11.1 Å². The van der Waals surface area contributed by atoms with E-state index in [4.69, 9.17) is 5.73 Å². The van der Waals surface area contributed by atoms with Crippen molar-refractivity contribution >= 4 is 33.6 Å². The van der Waals surface area contributed by atoms with Gasteiger partial charge in [-0.05, 0) is 53.6 Å². The minimum atomic E-state index is 0.273. The highest BCUT2D eigenvalue weighted by Crippen LogP contribution is 2.27. The number of nitrogen functional groups attached to an aromatic ring is 1. The molecule has 0 spiro atoms. The number of hydrogen-bond acceptors (Lipinski definition) is 4. The summed E-state index contributed by atoms with van der Waals surface area (Å²) in [6.45, 7) is 2.16. The highest BCUT2D eigenvalue weighted by Gasteiger charge is 2.08. The van der Waals surface area contributed by atoms with Crippen LogP contribution in [0.15, 0.2) is 47.3 Å². The highest BCUT2D eigenvalue weighted by atomic mass is 32.1. The largest absolute Gasteiger partial charge is 0.399 e. The molecule has 0 fully saturated rings. The van der Waals surface area contributed by atoms with Crippen molar-refractivity contribution in [1.82, 2.24) is 4.98 Å². The van der Waals surface area contributed by atoms with Crippen molar-refractivity contribution in [3.63, 3.8) is 0 Å². The molecule has 96 valence electrons. The number of thiophene rings is 1. The van der Waals surface area contributed by atoms with E-state index >= 15 is 0 Å². The molecule has 3 aromatic rings. The second-order valence-electron chi connectivity index (χ2n) is 4.56. The Morgan fingerprint density at radius 3 is 2.95 bits per heavy atom. The Morgan fingerprint density at radius 2 is 2.16 bits per heavy atom. The van der Waals surface area contributed by atoms with Crippen LogP contribution in [0, 0.1) is 0 Å². The van der Waals surface area contributed by atoms with Crippen LogP contribution in [-0.4, -0.2) is 4.98 Å². The zero-order valence-electron chi connectivity index (χ0n) is 10.6. The molecule has 2 heterocycles. The quantitative estimate of drug-likeness (QED) is 0.705. The fourth-order valence-electron chi connectivity index (χ4n) is 2.13. The summed E-state index contributed by atoms with van der Waals surface area (Å²) in [5, 5.41) is 8.89. The molecule has 1 aromatic carbocycles. The van der Waals surface area contributed by atoms with Gasteiger partial charge in [-0.3, -0.25) is 4.98 Å². The van der Waals surface area contributed by atoms with E-state index in [9.17, 15) is 0 Å². The van der Waals surface area contributed by atoms with Crippen LogP contribution in [0.4, 0.5) is 11.4 Å². The minimum Gasteiger partial charge on any atom is -0.399 e. The topological polar surface area (TPSA) is 50.9 Å². The molecule has 1 atom stereocenters. The van der Waals surface area contributed by atoms with Crippen molar-refractivity contribution < 1.29 is 0 Å². The zero-order chi connectivity index (χ0) is 13.2. The maximum Gasteiger partial charge on any atom is 0.0743 e. The lowest BCUT2D eigenvalue weighted by molar-refractivity contribution is 0.892. The van der Waals surface area contributed by atoms with E-state index in [0.717, 1.165) is 22.3 Å². The molecule has 0 saturated heterocycles. The van der Waals surface area contributed by atoms with Crippen molar-refractivity contribution in [3.8, 4) is 0 Å². The van der Waals surface area contributed by atoms with Gasteiger partial charge in [0.1, 0.15) is 0 Å². The lowest BCUT2D eigenvalue weighted by atomic mass is 10.1. The molecule has 0 radical (unpaired) electrons. The third-order valence-corrected chi connectivity index (χ3v) is 3.88. The van der Waals surface area contributed by atoms with Gasteiger partial charge < -0.3 is 11.1 Å². The number of fused-ring (bicyclic) bond motifs is 1. The van der Waals surface area contributed by atoms with Crippen LogP contribution in [0.25, 0.3) is 10.9 Å². The van der Waals surface area contributed by atoms with Gasteiger partial charge in [0.2, 0.25) is 0 Å². The fraction of sp³-hybridized carbons (Fsp3) is 0.133. The maximum atomic E-state index is 5.79. The number of hydrogen-bond donors (Lipinski definition) is 2. The van der Waals surface area contributed by atoms with Gasteiger partial charge in [-0.2, -0.15) is 11.3 Å². The van der Waals surface area contributed by atoms with Crippen molar-refractivity contribution in [2.75, 3.05) is 11.1 Å². The SMILES string of the molecule is CC(Nc1ccnc2cc(N)ccc12)c1ccsc1. The van der Waals surface area contributed by atoms with Crippen LogP contribution in [-0.2, 0) is 0 Å². The number of pyridine rings is 1. The zero-order valence-corrected chi connectivity index (χ0v) is 11.4. The summed E-state index contributed by atoms with van der Waals surface area (Å²) in [5.41, 5.74) is 9.83. The number of rotatable bonds is 3. The first-order chi connectivity index (χ1) is 9.24. The molecule has 0 amide bonds. The van der Waals surface area contributed by atoms with Gasteiger partial charge in [0.25, 0.3) is 0 Å². The average molecular weight is 269 g/mol. The van der Waals surface area contributed by atoms with Crippen LogP contribution in [0.3, 0.4) is 0 Å². The van der Waals surface area contributed by atoms with Crippen LogP contribution in [0.1, 0.15) is 18.5 Å². The molecule has 2 aromatic heterocycles. The van der Waals surface area contributed by atoms with Gasteiger partial charge in [0, 0.05) is 29.0 Å². The Hall–Kier alpha value is -2.07. The van der Waals surface area contributed by atoms with E-state index in [1.807, 2.05) is 30.5 Å². The highest BCUT2D eigenvalue weighted by molar-refractivity contribution is 7.08. The summed E-state index contributed by atoms with van der Waals surface area (Å²) in [4.78, 5) is 4.35. The summed E-state index contributed by atoms with van der Waals surface area (Å²) in [6, 6.07) is 10.2. The number of nitrogens with two attached hydrogens (primary N) is 1. The van der Waals surface area contributed by atoms with Gasteiger partial charge in [0.05, 0.1) is 5.52 Å². The first-order valence-corrected chi connectivity index (χ1v) is 7.11. The smallest absolute Gasteiger partial charge is 0.0743 e. The number of aromatic nitrogens is 1. The molecular formula is C15H15N3S. The Balaban J connectivity index is 1.97. The van der Waals surface area contributed by atoms with Crippen molar-refractivity contribution in [2.45, 2.75) is 13.0 Å². The minimum absolute atomic E-state index is 0.273. The van der Waals surface area contributed by atoms with E-state index in [2.05, 4.69) is 34.1 Å².